The monoisotopic (exact) mass is 584 g/mol. The van der Waals surface area contributed by atoms with Crippen molar-refractivity contribution < 1.29 is 41.6 Å². The summed E-state index contributed by atoms with van der Waals surface area (Å²) in [6.07, 6.45) is -2.07. The van der Waals surface area contributed by atoms with Crippen LogP contribution in [0.5, 0.6) is 0 Å². The minimum atomic E-state index is -5.11. The average molecular weight is 585 g/mol. The molecule has 0 unspecified atom stereocenters. The SMILES string of the molecule is Cc1ccc(S(=O)(=O)N(CC(C)C)C[C@@H](OP(=O)(O)O)[C@H](Cc2ccccc2)NC(=O)O[C@H]2CCOC2)cc1. The van der Waals surface area contributed by atoms with Crippen LogP contribution < -0.4 is 5.32 Å². The summed E-state index contributed by atoms with van der Waals surface area (Å²) in [5.74, 6) is -0.117. The summed E-state index contributed by atoms with van der Waals surface area (Å²) >= 11 is 0. The number of carbonyl (C=O) groups excluding carboxylic acids is 1. The highest BCUT2D eigenvalue weighted by Crippen LogP contribution is 2.39. The van der Waals surface area contributed by atoms with Gasteiger partial charge in [0.15, 0.2) is 0 Å². The number of phosphoric ester groups is 1. The molecule has 11 nitrogen and oxygen atoms in total. The summed E-state index contributed by atoms with van der Waals surface area (Å²) in [5.41, 5.74) is 1.62. The van der Waals surface area contributed by atoms with Crippen LogP contribution in [0, 0.1) is 12.8 Å². The van der Waals surface area contributed by atoms with Crippen molar-refractivity contribution in [2.75, 3.05) is 26.3 Å². The number of ether oxygens (including phenoxy) is 2. The van der Waals surface area contributed by atoms with Gasteiger partial charge in [-0.2, -0.15) is 4.31 Å². The first-order chi connectivity index (χ1) is 18.3. The lowest BCUT2D eigenvalue weighted by Gasteiger charge is -2.33. The van der Waals surface area contributed by atoms with Gasteiger partial charge in [0.05, 0.1) is 24.2 Å². The van der Waals surface area contributed by atoms with E-state index in [1.165, 1.54) is 12.1 Å². The second-order valence-corrected chi connectivity index (χ2v) is 13.1. The van der Waals surface area contributed by atoms with Crippen molar-refractivity contribution in [2.24, 2.45) is 5.92 Å². The summed E-state index contributed by atoms with van der Waals surface area (Å²) in [6, 6.07) is 14.2. The number of alkyl carbamates (subject to hydrolysis) is 1. The predicted molar refractivity (Wildman–Crippen MR) is 144 cm³/mol. The van der Waals surface area contributed by atoms with E-state index in [1.807, 2.05) is 26.8 Å². The van der Waals surface area contributed by atoms with Crippen LogP contribution in [0.2, 0.25) is 0 Å². The van der Waals surface area contributed by atoms with Gasteiger partial charge in [-0.1, -0.05) is 61.9 Å². The van der Waals surface area contributed by atoms with Crippen LogP contribution in [0.4, 0.5) is 4.79 Å². The van der Waals surface area contributed by atoms with Gasteiger partial charge in [-0.05, 0) is 37.0 Å². The molecular formula is C26H37N2O9PS. The van der Waals surface area contributed by atoms with Gasteiger partial charge in [0.1, 0.15) is 12.2 Å². The van der Waals surface area contributed by atoms with Crippen molar-refractivity contribution in [2.45, 2.75) is 56.8 Å². The first-order valence-corrected chi connectivity index (χ1v) is 15.7. The number of rotatable bonds is 13. The van der Waals surface area contributed by atoms with Crippen molar-refractivity contribution in [3.05, 3.63) is 65.7 Å². The van der Waals surface area contributed by atoms with E-state index in [1.54, 1.807) is 36.4 Å². The maximum absolute atomic E-state index is 13.7. The van der Waals surface area contributed by atoms with Crippen LogP contribution >= 0.6 is 7.82 Å². The minimum absolute atomic E-state index is 0.0388. The normalized spacial score (nSPS) is 17.8. The Morgan fingerprint density at radius 1 is 1.13 bits per heavy atom. The molecule has 1 saturated heterocycles. The minimum Gasteiger partial charge on any atom is -0.444 e. The first-order valence-electron chi connectivity index (χ1n) is 12.7. The number of amides is 1. The zero-order valence-corrected chi connectivity index (χ0v) is 24.0. The zero-order chi connectivity index (χ0) is 28.6. The molecule has 13 heteroatoms. The van der Waals surface area contributed by atoms with Crippen LogP contribution in [0.15, 0.2) is 59.5 Å². The van der Waals surface area contributed by atoms with Crippen molar-refractivity contribution >= 4 is 23.9 Å². The van der Waals surface area contributed by atoms with Gasteiger partial charge in [-0.25, -0.2) is 17.8 Å². The Morgan fingerprint density at radius 2 is 1.79 bits per heavy atom. The van der Waals surface area contributed by atoms with Crippen molar-refractivity contribution in [3.8, 4) is 0 Å². The van der Waals surface area contributed by atoms with Crippen LogP contribution in [0.3, 0.4) is 0 Å². The molecule has 216 valence electrons. The van der Waals surface area contributed by atoms with E-state index in [0.717, 1.165) is 15.4 Å². The number of nitrogens with one attached hydrogen (secondary N) is 1. The molecule has 3 N–H and O–H groups in total. The van der Waals surface area contributed by atoms with Gasteiger partial charge in [-0.15, -0.1) is 0 Å². The lowest BCUT2D eigenvalue weighted by atomic mass is 10.0. The van der Waals surface area contributed by atoms with Gasteiger partial charge in [0.25, 0.3) is 0 Å². The molecule has 1 fully saturated rings. The van der Waals surface area contributed by atoms with E-state index < -0.39 is 48.7 Å². The van der Waals surface area contributed by atoms with Crippen LogP contribution in [0.1, 0.15) is 31.4 Å². The first kappa shape index (κ1) is 31.2. The molecule has 0 saturated carbocycles. The maximum atomic E-state index is 13.7. The molecule has 1 aliphatic heterocycles. The van der Waals surface area contributed by atoms with Crippen LogP contribution in [-0.2, 0) is 35.0 Å². The van der Waals surface area contributed by atoms with Crippen molar-refractivity contribution in [1.29, 1.82) is 0 Å². The lowest BCUT2D eigenvalue weighted by molar-refractivity contribution is 0.0601. The quantitative estimate of drug-likeness (QED) is 0.301. The Kier molecular flexibility index (Phi) is 11.1. The fourth-order valence-corrected chi connectivity index (χ4v) is 6.42. The predicted octanol–water partition coefficient (Wildman–Crippen LogP) is 3.25. The van der Waals surface area contributed by atoms with E-state index >= 15 is 0 Å². The number of nitrogens with zero attached hydrogens (tertiary/aromatic N) is 1. The molecule has 0 bridgehead atoms. The molecule has 0 aliphatic carbocycles. The molecule has 3 atom stereocenters. The zero-order valence-electron chi connectivity index (χ0n) is 22.3. The summed E-state index contributed by atoms with van der Waals surface area (Å²) in [6.45, 7) is 5.83. The molecule has 0 radical (unpaired) electrons. The van der Waals surface area contributed by atoms with E-state index in [9.17, 15) is 27.6 Å². The van der Waals surface area contributed by atoms with Crippen LogP contribution in [-0.4, -0.2) is 73.2 Å². The summed E-state index contributed by atoms with van der Waals surface area (Å²) in [5, 5.41) is 2.67. The summed E-state index contributed by atoms with van der Waals surface area (Å²) < 4.78 is 56.4. The molecule has 39 heavy (non-hydrogen) atoms. The Hall–Kier alpha value is -2.31. The highest BCUT2D eigenvalue weighted by Gasteiger charge is 2.37. The fourth-order valence-electron chi connectivity index (χ4n) is 4.23. The molecule has 1 aliphatic rings. The lowest BCUT2D eigenvalue weighted by Crippen LogP contribution is -2.52. The second-order valence-electron chi connectivity index (χ2n) is 9.99. The van der Waals surface area contributed by atoms with Gasteiger partial charge < -0.3 is 24.6 Å². The van der Waals surface area contributed by atoms with E-state index in [0.29, 0.717) is 13.0 Å². The number of hydrogen-bond donors (Lipinski definition) is 3. The van der Waals surface area contributed by atoms with Gasteiger partial charge >= 0.3 is 13.9 Å². The smallest absolute Gasteiger partial charge is 0.444 e. The largest absolute Gasteiger partial charge is 0.469 e. The van der Waals surface area contributed by atoms with E-state index in [-0.39, 0.29) is 30.4 Å². The molecule has 2 aromatic rings. The molecular weight excluding hydrogens is 547 g/mol. The maximum Gasteiger partial charge on any atom is 0.469 e. The second kappa shape index (κ2) is 13.8. The third-order valence-electron chi connectivity index (χ3n) is 6.10. The molecule has 1 heterocycles. The van der Waals surface area contributed by atoms with E-state index in [4.69, 9.17) is 14.0 Å². The summed E-state index contributed by atoms with van der Waals surface area (Å²) in [7, 11) is -9.18. The number of hydrogen-bond acceptors (Lipinski definition) is 7. The standard InChI is InChI=1S/C26H37N2O9PS/c1-19(2)16-28(39(33,34)23-11-9-20(3)10-12-23)17-25(37-38(30,31)32)24(15-21-7-5-4-6-8-21)27-26(29)36-22-13-14-35-18-22/h4-12,19,22,24-25H,13-18H2,1-3H3,(H,27,29)(H2,30,31,32)/t22-,24-,25+/m0/s1. The van der Waals surface area contributed by atoms with Gasteiger partial charge in [0, 0.05) is 19.5 Å². The highest BCUT2D eigenvalue weighted by molar-refractivity contribution is 7.89. The molecule has 3 rings (SSSR count). The van der Waals surface area contributed by atoms with E-state index in [2.05, 4.69) is 5.32 Å². The third kappa shape index (κ3) is 9.99. The van der Waals surface area contributed by atoms with Crippen molar-refractivity contribution in [1.82, 2.24) is 9.62 Å². The third-order valence-corrected chi connectivity index (χ3v) is 8.49. The molecule has 1 amide bonds. The molecule has 2 aromatic carbocycles. The number of carbonyl (C=O) groups is 1. The molecule has 0 aromatic heterocycles. The Bertz CT molecular complexity index is 1210. The number of aryl methyl sites for hydroxylation is 1. The Labute approximate surface area is 229 Å². The number of sulfonamides is 1. The average Bonchev–Trinajstić information content (AvgIpc) is 3.35. The van der Waals surface area contributed by atoms with Gasteiger partial charge in [0.2, 0.25) is 10.0 Å². The highest BCUT2D eigenvalue weighted by atomic mass is 32.2. The fraction of sp³-hybridized carbons (Fsp3) is 0.500. The van der Waals surface area contributed by atoms with Crippen LogP contribution in [0.25, 0.3) is 0 Å². The Balaban J connectivity index is 1.96. The topological polar surface area (TPSA) is 152 Å². The number of benzene rings is 2. The van der Waals surface area contributed by atoms with Crippen molar-refractivity contribution in [3.63, 3.8) is 0 Å². The Morgan fingerprint density at radius 3 is 2.36 bits per heavy atom. The summed E-state index contributed by atoms with van der Waals surface area (Å²) in [4.78, 5) is 32.4. The number of phosphoric acid groups is 1. The molecule has 0 spiro atoms. The van der Waals surface area contributed by atoms with Gasteiger partial charge in [-0.3, -0.25) is 4.52 Å².